The number of aryl methyl sites for hydroxylation is 1. The first-order chi connectivity index (χ1) is 10.6. The molecule has 2 aromatic carbocycles. The van der Waals surface area contributed by atoms with Gasteiger partial charge in [0, 0.05) is 0 Å². The van der Waals surface area contributed by atoms with Gasteiger partial charge in [0.2, 0.25) is 0 Å². The lowest BCUT2D eigenvalue weighted by Crippen LogP contribution is -2.16. The number of benzene rings is 2. The molecule has 0 fully saturated rings. The van der Waals surface area contributed by atoms with Gasteiger partial charge in [0.05, 0.1) is 6.61 Å². The topological polar surface area (TPSA) is 35.2 Å². The Balaban J connectivity index is 1.96. The van der Waals surface area contributed by atoms with Gasteiger partial charge in [0.15, 0.2) is 0 Å². The average molecular weight is 297 g/mol. The highest BCUT2D eigenvalue weighted by molar-refractivity contribution is 5.35. The molecule has 0 spiro atoms. The van der Waals surface area contributed by atoms with E-state index in [1.807, 2.05) is 6.07 Å². The Morgan fingerprint density at radius 3 is 2.32 bits per heavy atom. The zero-order valence-corrected chi connectivity index (χ0v) is 13.9. The van der Waals surface area contributed by atoms with Crippen LogP contribution in [0.5, 0.6) is 5.75 Å². The van der Waals surface area contributed by atoms with Crippen molar-refractivity contribution in [2.45, 2.75) is 39.0 Å². The van der Waals surface area contributed by atoms with Gasteiger partial charge in [-0.3, -0.25) is 0 Å². The van der Waals surface area contributed by atoms with Crippen LogP contribution in [0.1, 0.15) is 48.8 Å². The maximum Gasteiger partial charge on any atom is 0.122 e. The van der Waals surface area contributed by atoms with Crippen molar-refractivity contribution in [2.75, 3.05) is 13.2 Å². The average Bonchev–Trinajstić information content (AvgIpc) is 2.53. The summed E-state index contributed by atoms with van der Waals surface area (Å²) in [7, 11) is 0. The molecule has 0 aliphatic carbocycles. The molecule has 0 saturated carbocycles. The maximum absolute atomic E-state index is 6.02. The van der Waals surface area contributed by atoms with E-state index in [4.69, 9.17) is 10.5 Å². The van der Waals surface area contributed by atoms with Crippen molar-refractivity contribution in [1.82, 2.24) is 0 Å². The molecule has 2 nitrogen and oxygen atoms in total. The van der Waals surface area contributed by atoms with Crippen LogP contribution < -0.4 is 10.5 Å². The minimum atomic E-state index is 0.354. The summed E-state index contributed by atoms with van der Waals surface area (Å²) < 4.78 is 6.02. The van der Waals surface area contributed by atoms with Crippen LogP contribution in [-0.2, 0) is 0 Å². The standard InChI is InChI=1S/C20H27NO/c1-15(2)19-6-4-5-7-20(19)22-13-12-18(14-21)17-10-8-16(3)9-11-17/h4-11,15,18H,12-14,21H2,1-3H3. The molecule has 0 aliphatic rings. The number of nitrogens with two attached hydrogens (primary N) is 1. The lowest BCUT2D eigenvalue weighted by atomic mass is 9.95. The first-order valence-corrected chi connectivity index (χ1v) is 8.10. The van der Waals surface area contributed by atoms with Crippen LogP contribution in [0, 0.1) is 6.92 Å². The van der Waals surface area contributed by atoms with Crippen molar-refractivity contribution in [3.63, 3.8) is 0 Å². The fourth-order valence-corrected chi connectivity index (χ4v) is 2.66. The number of para-hydroxylation sites is 1. The Hall–Kier alpha value is -1.80. The predicted octanol–water partition coefficient (Wildman–Crippen LogP) is 4.63. The van der Waals surface area contributed by atoms with Crippen molar-refractivity contribution in [3.05, 3.63) is 65.2 Å². The highest BCUT2D eigenvalue weighted by Crippen LogP contribution is 2.27. The Morgan fingerprint density at radius 2 is 1.68 bits per heavy atom. The van der Waals surface area contributed by atoms with Gasteiger partial charge < -0.3 is 10.5 Å². The van der Waals surface area contributed by atoms with Crippen molar-refractivity contribution in [3.8, 4) is 5.75 Å². The van der Waals surface area contributed by atoms with Crippen LogP contribution >= 0.6 is 0 Å². The summed E-state index contributed by atoms with van der Waals surface area (Å²) in [5.74, 6) is 1.82. The van der Waals surface area contributed by atoms with Crippen LogP contribution in [0.2, 0.25) is 0 Å². The first-order valence-electron chi connectivity index (χ1n) is 8.10. The van der Waals surface area contributed by atoms with E-state index in [2.05, 4.69) is 63.2 Å². The zero-order chi connectivity index (χ0) is 15.9. The smallest absolute Gasteiger partial charge is 0.122 e. The normalized spacial score (nSPS) is 12.4. The molecule has 2 heteroatoms. The Morgan fingerprint density at radius 1 is 1.00 bits per heavy atom. The molecule has 0 aliphatic heterocycles. The van der Waals surface area contributed by atoms with Crippen LogP contribution in [0.15, 0.2) is 48.5 Å². The Labute approximate surface area is 134 Å². The predicted molar refractivity (Wildman–Crippen MR) is 93.6 cm³/mol. The van der Waals surface area contributed by atoms with E-state index in [1.165, 1.54) is 16.7 Å². The van der Waals surface area contributed by atoms with Gasteiger partial charge in [-0.05, 0) is 48.9 Å². The SMILES string of the molecule is Cc1ccc(C(CN)CCOc2ccccc2C(C)C)cc1. The second-order valence-electron chi connectivity index (χ2n) is 6.17. The highest BCUT2D eigenvalue weighted by Gasteiger charge is 2.11. The molecule has 0 heterocycles. The minimum absolute atomic E-state index is 0.354. The van der Waals surface area contributed by atoms with Gasteiger partial charge in [-0.25, -0.2) is 0 Å². The summed E-state index contributed by atoms with van der Waals surface area (Å²) in [5.41, 5.74) is 9.79. The Kier molecular flexibility index (Phi) is 6.02. The molecule has 2 N–H and O–H groups in total. The summed E-state index contributed by atoms with van der Waals surface area (Å²) >= 11 is 0. The summed E-state index contributed by atoms with van der Waals surface area (Å²) in [4.78, 5) is 0. The van der Waals surface area contributed by atoms with Crippen molar-refractivity contribution in [2.24, 2.45) is 5.73 Å². The molecule has 118 valence electrons. The monoisotopic (exact) mass is 297 g/mol. The number of rotatable bonds is 7. The fraction of sp³-hybridized carbons (Fsp3) is 0.400. The summed E-state index contributed by atoms with van der Waals surface area (Å²) in [5, 5.41) is 0. The number of hydrogen-bond acceptors (Lipinski definition) is 2. The molecule has 0 amide bonds. The van der Waals surface area contributed by atoms with E-state index in [1.54, 1.807) is 0 Å². The van der Waals surface area contributed by atoms with Crippen LogP contribution in [0.3, 0.4) is 0 Å². The molecule has 0 bridgehead atoms. The molecule has 0 radical (unpaired) electrons. The van der Waals surface area contributed by atoms with E-state index in [9.17, 15) is 0 Å². The van der Waals surface area contributed by atoms with Crippen molar-refractivity contribution in [1.29, 1.82) is 0 Å². The second kappa shape index (κ2) is 8.00. The largest absolute Gasteiger partial charge is 0.493 e. The van der Waals surface area contributed by atoms with Crippen molar-refractivity contribution < 1.29 is 4.74 Å². The third-order valence-corrected chi connectivity index (χ3v) is 4.10. The molecule has 1 unspecified atom stereocenters. The summed E-state index contributed by atoms with van der Waals surface area (Å²) in [6, 6.07) is 16.9. The van der Waals surface area contributed by atoms with Crippen molar-refractivity contribution >= 4 is 0 Å². The lowest BCUT2D eigenvalue weighted by Gasteiger charge is -2.18. The summed E-state index contributed by atoms with van der Waals surface area (Å²) in [6.45, 7) is 7.83. The summed E-state index contributed by atoms with van der Waals surface area (Å²) in [6.07, 6.45) is 0.936. The highest BCUT2D eigenvalue weighted by atomic mass is 16.5. The molecule has 2 aromatic rings. The second-order valence-corrected chi connectivity index (χ2v) is 6.17. The van der Waals surface area contributed by atoms with E-state index < -0.39 is 0 Å². The van der Waals surface area contributed by atoms with Crippen LogP contribution in [0.4, 0.5) is 0 Å². The number of hydrogen-bond donors (Lipinski definition) is 1. The van der Waals surface area contributed by atoms with Gasteiger partial charge in [-0.2, -0.15) is 0 Å². The van der Waals surface area contributed by atoms with E-state index >= 15 is 0 Å². The molecule has 0 saturated heterocycles. The molecule has 1 atom stereocenters. The molecule has 22 heavy (non-hydrogen) atoms. The quantitative estimate of drug-likeness (QED) is 0.808. The van der Waals surface area contributed by atoms with Gasteiger partial charge in [0.25, 0.3) is 0 Å². The van der Waals surface area contributed by atoms with E-state index in [-0.39, 0.29) is 0 Å². The lowest BCUT2D eigenvalue weighted by molar-refractivity contribution is 0.294. The minimum Gasteiger partial charge on any atom is -0.493 e. The zero-order valence-electron chi connectivity index (χ0n) is 13.9. The first kappa shape index (κ1) is 16.6. The van der Waals surface area contributed by atoms with E-state index in [0.717, 1.165) is 12.2 Å². The Bertz CT molecular complexity index is 575. The van der Waals surface area contributed by atoms with Crippen LogP contribution in [-0.4, -0.2) is 13.2 Å². The van der Waals surface area contributed by atoms with Gasteiger partial charge in [0.1, 0.15) is 5.75 Å². The third kappa shape index (κ3) is 4.35. The van der Waals surface area contributed by atoms with Gasteiger partial charge in [-0.1, -0.05) is 61.9 Å². The van der Waals surface area contributed by atoms with E-state index in [0.29, 0.717) is 25.0 Å². The molecule has 2 rings (SSSR count). The molecular weight excluding hydrogens is 270 g/mol. The fourth-order valence-electron chi connectivity index (χ4n) is 2.66. The molecular formula is C20H27NO. The molecule has 0 aromatic heterocycles. The third-order valence-electron chi connectivity index (χ3n) is 4.10. The number of ether oxygens (including phenoxy) is 1. The van der Waals surface area contributed by atoms with Gasteiger partial charge in [-0.15, -0.1) is 0 Å². The van der Waals surface area contributed by atoms with Gasteiger partial charge >= 0.3 is 0 Å². The van der Waals surface area contributed by atoms with Crippen LogP contribution in [0.25, 0.3) is 0 Å². The maximum atomic E-state index is 6.02.